The Hall–Kier alpha value is -1.84. The van der Waals surface area contributed by atoms with Crippen LogP contribution in [0, 0.1) is 6.92 Å². The SMILES string of the molecule is CCCOC(=O)c1cc(C)ccc1C(=O)N(CCC)CCC. The molecule has 0 aliphatic rings. The molecule has 0 spiro atoms. The van der Waals surface area contributed by atoms with Crippen molar-refractivity contribution < 1.29 is 14.3 Å². The molecular formula is C18H27NO3. The number of hydrogen-bond acceptors (Lipinski definition) is 3. The average Bonchev–Trinajstić information content (AvgIpc) is 2.51. The highest BCUT2D eigenvalue weighted by molar-refractivity contribution is 6.05. The van der Waals surface area contributed by atoms with E-state index in [0.29, 0.717) is 30.8 Å². The Morgan fingerprint density at radius 3 is 2.18 bits per heavy atom. The van der Waals surface area contributed by atoms with Gasteiger partial charge in [-0.1, -0.05) is 32.4 Å². The molecule has 122 valence electrons. The number of aryl methyl sites for hydroxylation is 1. The largest absolute Gasteiger partial charge is 0.462 e. The van der Waals surface area contributed by atoms with Crippen molar-refractivity contribution >= 4 is 11.9 Å². The molecule has 0 aromatic heterocycles. The highest BCUT2D eigenvalue weighted by atomic mass is 16.5. The van der Waals surface area contributed by atoms with Crippen LogP contribution in [0.1, 0.15) is 66.3 Å². The van der Waals surface area contributed by atoms with Crippen molar-refractivity contribution in [1.29, 1.82) is 0 Å². The first-order valence-corrected chi connectivity index (χ1v) is 8.12. The monoisotopic (exact) mass is 305 g/mol. The summed E-state index contributed by atoms with van der Waals surface area (Å²) in [5.74, 6) is -0.506. The van der Waals surface area contributed by atoms with Crippen LogP contribution in [0.25, 0.3) is 0 Å². The lowest BCUT2D eigenvalue weighted by molar-refractivity contribution is 0.0498. The fourth-order valence-electron chi connectivity index (χ4n) is 2.31. The first kappa shape index (κ1) is 18.2. The minimum absolute atomic E-state index is 0.0906. The summed E-state index contributed by atoms with van der Waals surface area (Å²) < 4.78 is 5.21. The number of hydrogen-bond donors (Lipinski definition) is 0. The molecule has 0 aliphatic heterocycles. The molecule has 0 fully saturated rings. The van der Waals surface area contributed by atoms with Crippen LogP contribution in [0.3, 0.4) is 0 Å². The van der Waals surface area contributed by atoms with Gasteiger partial charge in [-0.25, -0.2) is 4.79 Å². The fourth-order valence-corrected chi connectivity index (χ4v) is 2.31. The lowest BCUT2D eigenvalue weighted by atomic mass is 10.0. The predicted octanol–water partition coefficient (Wildman–Crippen LogP) is 3.82. The van der Waals surface area contributed by atoms with Gasteiger partial charge in [0, 0.05) is 13.1 Å². The second-order valence-electron chi connectivity index (χ2n) is 5.48. The van der Waals surface area contributed by atoms with Crippen LogP contribution in [0.4, 0.5) is 0 Å². The highest BCUT2D eigenvalue weighted by Crippen LogP contribution is 2.16. The highest BCUT2D eigenvalue weighted by Gasteiger charge is 2.22. The lowest BCUT2D eigenvalue weighted by Crippen LogP contribution is -2.33. The maximum atomic E-state index is 12.8. The molecule has 1 amide bonds. The molecule has 1 aromatic carbocycles. The summed E-state index contributed by atoms with van der Waals surface area (Å²) in [7, 11) is 0. The molecule has 0 radical (unpaired) electrons. The summed E-state index contributed by atoms with van der Waals surface area (Å²) in [4.78, 5) is 26.8. The van der Waals surface area contributed by atoms with E-state index in [2.05, 4.69) is 0 Å². The van der Waals surface area contributed by atoms with E-state index in [-0.39, 0.29) is 5.91 Å². The molecular weight excluding hydrogens is 278 g/mol. The van der Waals surface area contributed by atoms with E-state index in [4.69, 9.17) is 4.74 Å². The number of amides is 1. The molecule has 0 saturated carbocycles. The van der Waals surface area contributed by atoms with Crippen molar-refractivity contribution in [2.24, 2.45) is 0 Å². The number of carbonyl (C=O) groups excluding carboxylic acids is 2. The first-order chi connectivity index (χ1) is 10.5. The Labute approximate surface area is 133 Å². The van der Waals surface area contributed by atoms with Gasteiger partial charge in [0.15, 0.2) is 0 Å². The summed E-state index contributed by atoms with van der Waals surface area (Å²) in [6.45, 7) is 9.70. The number of benzene rings is 1. The molecule has 1 rings (SSSR count). The summed E-state index contributed by atoms with van der Waals surface area (Å²) in [6.07, 6.45) is 2.55. The van der Waals surface area contributed by atoms with E-state index < -0.39 is 5.97 Å². The van der Waals surface area contributed by atoms with E-state index >= 15 is 0 Å². The van der Waals surface area contributed by atoms with Gasteiger partial charge in [0.1, 0.15) is 0 Å². The Bertz CT molecular complexity index is 505. The minimum atomic E-state index is -0.415. The second-order valence-corrected chi connectivity index (χ2v) is 5.48. The van der Waals surface area contributed by atoms with Crippen molar-refractivity contribution in [1.82, 2.24) is 4.90 Å². The minimum Gasteiger partial charge on any atom is -0.462 e. The number of rotatable bonds is 8. The Kier molecular flexibility index (Phi) is 7.64. The topological polar surface area (TPSA) is 46.6 Å². The van der Waals surface area contributed by atoms with Crippen LogP contribution < -0.4 is 0 Å². The Morgan fingerprint density at radius 1 is 1.00 bits per heavy atom. The molecule has 0 aliphatic carbocycles. The Balaban J connectivity index is 3.11. The zero-order valence-electron chi connectivity index (χ0n) is 14.1. The van der Waals surface area contributed by atoms with Gasteiger partial charge in [-0.15, -0.1) is 0 Å². The molecule has 0 atom stereocenters. The second kappa shape index (κ2) is 9.23. The molecule has 4 heteroatoms. The summed E-state index contributed by atoms with van der Waals surface area (Å²) >= 11 is 0. The van der Waals surface area contributed by atoms with Crippen molar-refractivity contribution in [2.45, 2.75) is 47.0 Å². The summed E-state index contributed by atoms with van der Waals surface area (Å²) in [6, 6.07) is 5.33. The number of nitrogens with zero attached hydrogens (tertiary/aromatic N) is 1. The Morgan fingerprint density at radius 2 is 1.64 bits per heavy atom. The van der Waals surface area contributed by atoms with Gasteiger partial charge in [-0.05, 0) is 38.3 Å². The molecule has 0 saturated heterocycles. The van der Waals surface area contributed by atoms with Gasteiger partial charge >= 0.3 is 5.97 Å². The van der Waals surface area contributed by atoms with Gasteiger partial charge in [0.05, 0.1) is 17.7 Å². The van der Waals surface area contributed by atoms with Gasteiger partial charge < -0.3 is 9.64 Å². The van der Waals surface area contributed by atoms with Gasteiger partial charge in [0.2, 0.25) is 0 Å². The van der Waals surface area contributed by atoms with Crippen LogP contribution in [-0.2, 0) is 4.74 Å². The third-order valence-electron chi connectivity index (χ3n) is 3.34. The first-order valence-electron chi connectivity index (χ1n) is 8.12. The van der Waals surface area contributed by atoms with E-state index in [1.165, 1.54) is 0 Å². The molecule has 22 heavy (non-hydrogen) atoms. The third-order valence-corrected chi connectivity index (χ3v) is 3.34. The molecule has 0 unspecified atom stereocenters. The lowest BCUT2D eigenvalue weighted by Gasteiger charge is -2.22. The number of esters is 1. The van der Waals surface area contributed by atoms with Crippen LogP contribution in [-0.4, -0.2) is 36.5 Å². The molecule has 0 heterocycles. The van der Waals surface area contributed by atoms with Crippen molar-refractivity contribution in [2.75, 3.05) is 19.7 Å². The van der Waals surface area contributed by atoms with Gasteiger partial charge in [-0.3, -0.25) is 4.79 Å². The van der Waals surface area contributed by atoms with Crippen molar-refractivity contribution in [3.63, 3.8) is 0 Å². The van der Waals surface area contributed by atoms with Crippen LogP contribution >= 0.6 is 0 Å². The van der Waals surface area contributed by atoms with E-state index in [9.17, 15) is 9.59 Å². The van der Waals surface area contributed by atoms with Crippen LogP contribution in [0.5, 0.6) is 0 Å². The standard InChI is InChI=1S/C18H27NO3/c1-5-10-19(11-6-2)17(20)15-9-8-14(4)13-16(15)18(21)22-12-7-3/h8-9,13H,5-7,10-12H2,1-4H3. The zero-order valence-corrected chi connectivity index (χ0v) is 14.1. The van der Waals surface area contributed by atoms with Gasteiger partial charge in [-0.2, -0.15) is 0 Å². The maximum absolute atomic E-state index is 12.8. The van der Waals surface area contributed by atoms with E-state index in [1.54, 1.807) is 17.0 Å². The predicted molar refractivity (Wildman–Crippen MR) is 88.2 cm³/mol. The molecule has 0 bridgehead atoms. The zero-order chi connectivity index (χ0) is 16.5. The molecule has 1 aromatic rings. The smallest absolute Gasteiger partial charge is 0.338 e. The normalized spacial score (nSPS) is 10.4. The van der Waals surface area contributed by atoms with E-state index in [1.807, 2.05) is 33.8 Å². The van der Waals surface area contributed by atoms with Crippen molar-refractivity contribution in [3.8, 4) is 0 Å². The number of carbonyl (C=O) groups is 2. The van der Waals surface area contributed by atoms with Crippen LogP contribution in [0.15, 0.2) is 18.2 Å². The maximum Gasteiger partial charge on any atom is 0.338 e. The molecule has 4 nitrogen and oxygen atoms in total. The van der Waals surface area contributed by atoms with Gasteiger partial charge in [0.25, 0.3) is 5.91 Å². The number of ether oxygens (including phenoxy) is 1. The molecule has 0 N–H and O–H groups in total. The fraction of sp³-hybridized carbons (Fsp3) is 0.556. The van der Waals surface area contributed by atoms with Crippen LogP contribution in [0.2, 0.25) is 0 Å². The van der Waals surface area contributed by atoms with E-state index in [0.717, 1.165) is 24.8 Å². The summed E-state index contributed by atoms with van der Waals surface area (Å²) in [5, 5.41) is 0. The quantitative estimate of drug-likeness (QED) is 0.686. The summed E-state index contributed by atoms with van der Waals surface area (Å²) in [5.41, 5.74) is 1.75. The van der Waals surface area contributed by atoms with Crippen molar-refractivity contribution in [3.05, 3.63) is 34.9 Å². The average molecular weight is 305 g/mol. The third kappa shape index (κ3) is 4.86.